The summed E-state index contributed by atoms with van der Waals surface area (Å²) in [5.74, 6) is -0.291. The Bertz CT molecular complexity index is 938. The molecule has 0 spiro atoms. The van der Waals surface area contributed by atoms with Crippen molar-refractivity contribution < 1.29 is 18.3 Å². The van der Waals surface area contributed by atoms with Crippen molar-refractivity contribution in [1.82, 2.24) is 4.98 Å². The second-order valence-corrected chi connectivity index (χ2v) is 7.76. The summed E-state index contributed by atoms with van der Waals surface area (Å²) in [6.45, 7) is 4.59. The number of benzene rings is 1. The lowest BCUT2D eigenvalue weighted by atomic mass is 10.1. The predicted molar refractivity (Wildman–Crippen MR) is 98.2 cm³/mol. The summed E-state index contributed by atoms with van der Waals surface area (Å²) in [5, 5.41) is 14.6. The molecule has 1 fully saturated rings. The molecule has 1 aromatic carbocycles. The number of nitrogens with two attached hydrogens (primary N) is 1. The Kier molecular flexibility index (Phi) is 4.84. The van der Waals surface area contributed by atoms with Gasteiger partial charge in [0.05, 0.1) is 16.1 Å². The normalized spacial score (nSPS) is 15.2. The number of nitrogens with zero attached hydrogens (tertiary/aromatic N) is 3. The first kappa shape index (κ1) is 18.2. The number of carboxylic acids is 1. The third-order valence-corrected chi connectivity index (χ3v) is 5.28. The second-order valence-electron chi connectivity index (χ2n) is 6.19. The maximum atomic E-state index is 11.6. The van der Waals surface area contributed by atoms with Crippen LogP contribution in [0.15, 0.2) is 41.4 Å². The molecule has 0 amide bonds. The minimum absolute atomic E-state index is 0.0707. The van der Waals surface area contributed by atoms with Crippen molar-refractivity contribution in [3.63, 3.8) is 0 Å². The van der Waals surface area contributed by atoms with Crippen LogP contribution in [0.3, 0.4) is 0 Å². The first-order valence-corrected chi connectivity index (χ1v) is 9.63. The summed E-state index contributed by atoms with van der Waals surface area (Å²) >= 11 is 0. The largest absolute Gasteiger partial charge is 0.478 e. The highest BCUT2D eigenvalue weighted by molar-refractivity contribution is 7.89. The van der Waals surface area contributed by atoms with E-state index in [-0.39, 0.29) is 10.5 Å². The monoisotopic (exact) mass is 376 g/mol. The van der Waals surface area contributed by atoms with E-state index in [1.807, 2.05) is 24.0 Å². The quantitative estimate of drug-likeness (QED) is 0.819. The third-order valence-electron chi connectivity index (χ3n) is 4.37. The van der Waals surface area contributed by atoms with Gasteiger partial charge in [0.25, 0.3) is 0 Å². The average Bonchev–Trinajstić information content (AvgIpc) is 2.60. The molecule has 1 aliphatic heterocycles. The SMILES string of the molecule is Cc1ccnc(N2CCN(c3ccc(S(N)(=O)=O)cc3C(=O)O)CC2)c1. The molecule has 9 heteroatoms. The fourth-order valence-electron chi connectivity index (χ4n) is 3.01. The van der Waals surface area contributed by atoms with Crippen LogP contribution in [0.5, 0.6) is 0 Å². The molecule has 0 unspecified atom stereocenters. The molecule has 0 atom stereocenters. The number of hydrogen-bond donors (Lipinski definition) is 2. The average molecular weight is 376 g/mol. The minimum atomic E-state index is -3.95. The number of sulfonamides is 1. The highest BCUT2D eigenvalue weighted by Crippen LogP contribution is 2.26. The third kappa shape index (κ3) is 3.78. The van der Waals surface area contributed by atoms with Crippen LogP contribution >= 0.6 is 0 Å². The molecule has 1 aromatic heterocycles. The Morgan fingerprint density at radius 1 is 1.12 bits per heavy atom. The highest BCUT2D eigenvalue weighted by Gasteiger charge is 2.23. The van der Waals surface area contributed by atoms with Gasteiger partial charge >= 0.3 is 5.97 Å². The topological polar surface area (TPSA) is 117 Å². The standard InChI is InChI=1S/C17H20N4O4S/c1-12-4-5-19-16(10-12)21-8-6-20(7-9-21)15-3-2-13(26(18,24)25)11-14(15)17(22)23/h2-5,10-11H,6-9H2,1H3,(H,22,23)(H2,18,24,25). The molecule has 3 N–H and O–H groups in total. The zero-order chi connectivity index (χ0) is 18.9. The zero-order valence-electron chi connectivity index (χ0n) is 14.3. The number of carbonyl (C=O) groups is 1. The number of rotatable bonds is 4. The maximum absolute atomic E-state index is 11.6. The van der Waals surface area contributed by atoms with Crippen molar-refractivity contribution in [3.8, 4) is 0 Å². The Hall–Kier alpha value is -2.65. The van der Waals surface area contributed by atoms with E-state index in [0.717, 1.165) is 17.4 Å². The molecule has 0 bridgehead atoms. The van der Waals surface area contributed by atoms with Crippen molar-refractivity contribution in [2.75, 3.05) is 36.0 Å². The number of piperazine rings is 1. The van der Waals surface area contributed by atoms with Crippen molar-refractivity contribution in [3.05, 3.63) is 47.7 Å². The Balaban J connectivity index is 1.82. The number of aryl methyl sites for hydroxylation is 1. The van der Waals surface area contributed by atoms with E-state index in [2.05, 4.69) is 9.88 Å². The number of aromatic carboxylic acids is 1. The van der Waals surface area contributed by atoms with Gasteiger partial charge < -0.3 is 14.9 Å². The number of pyridine rings is 1. The van der Waals surface area contributed by atoms with Crippen LogP contribution in [0.4, 0.5) is 11.5 Å². The van der Waals surface area contributed by atoms with E-state index in [0.29, 0.717) is 31.9 Å². The van der Waals surface area contributed by atoms with Gasteiger partial charge in [0.15, 0.2) is 0 Å². The van der Waals surface area contributed by atoms with Gasteiger partial charge in [-0.3, -0.25) is 0 Å². The van der Waals surface area contributed by atoms with Gasteiger partial charge in [0.1, 0.15) is 5.82 Å². The Morgan fingerprint density at radius 3 is 2.35 bits per heavy atom. The molecule has 0 saturated carbocycles. The van der Waals surface area contributed by atoms with E-state index < -0.39 is 16.0 Å². The van der Waals surface area contributed by atoms with Crippen LogP contribution in [0, 0.1) is 6.92 Å². The zero-order valence-corrected chi connectivity index (χ0v) is 15.1. The van der Waals surface area contributed by atoms with Gasteiger partial charge in [0, 0.05) is 32.4 Å². The van der Waals surface area contributed by atoms with Gasteiger partial charge in [-0.15, -0.1) is 0 Å². The van der Waals surface area contributed by atoms with Crippen molar-refractivity contribution >= 4 is 27.5 Å². The molecular formula is C17H20N4O4S. The molecule has 1 aliphatic rings. The van der Waals surface area contributed by atoms with Crippen LogP contribution in [0.25, 0.3) is 0 Å². The number of primary sulfonamides is 1. The molecule has 138 valence electrons. The summed E-state index contributed by atoms with van der Waals surface area (Å²) in [5.41, 5.74) is 1.55. The Morgan fingerprint density at radius 2 is 1.77 bits per heavy atom. The summed E-state index contributed by atoms with van der Waals surface area (Å²) in [7, 11) is -3.95. The fraction of sp³-hybridized carbons (Fsp3) is 0.294. The van der Waals surface area contributed by atoms with Gasteiger partial charge in [-0.05, 0) is 42.8 Å². The van der Waals surface area contributed by atoms with Crippen LogP contribution in [-0.2, 0) is 10.0 Å². The number of anilines is 2. The summed E-state index contributed by atoms with van der Waals surface area (Å²) in [4.78, 5) is 19.8. The van der Waals surface area contributed by atoms with Crippen LogP contribution in [0.2, 0.25) is 0 Å². The first-order chi connectivity index (χ1) is 12.3. The van der Waals surface area contributed by atoms with E-state index in [4.69, 9.17) is 5.14 Å². The lowest BCUT2D eigenvalue weighted by molar-refractivity contribution is 0.0697. The van der Waals surface area contributed by atoms with E-state index in [1.54, 1.807) is 6.20 Å². The predicted octanol–water partition coefficient (Wildman–Crippen LogP) is 1.06. The maximum Gasteiger partial charge on any atom is 0.337 e. The molecule has 2 aromatic rings. The van der Waals surface area contributed by atoms with Crippen LogP contribution in [-0.4, -0.2) is 50.7 Å². The molecule has 3 rings (SSSR count). The Labute approximate surface area is 151 Å². The van der Waals surface area contributed by atoms with Gasteiger partial charge in [-0.2, -0.15) is 0 Å². The van der Waals surface area contributed by atoms with Crippen molar-refractivity contribution in [2.24, 2.45) is 5.14 Å². The first-order valence-electron chi connectivity index (χ1n) is 8.08. The molecule has 8 nitrogen and oxygen atoms in total. The smallest absolute Gasteiger partial charge is 0.337 e. The molecule has 2 heterocycles. The highest BCUT2D eigenvalue weighted by atomic mass is 32.2. The molecule has 0 radical (unpaired) electrons. The van der Waals surface area contributed by atoms with Crippen molar-refractivity contribution in [2.45, 2.75) is 11.8 Å². The lowest BCUT2D eigenvalue weighted by Gasteiger charge is -2.37. The fourth-order valence-corrected chi connectivity index (χ4v) is 3.55. The summed E-state index contributed by atoms with van der Waals surface area (Å²) in [6, 6.07) is 7.90. The summed E-state index contributed by atoms with van der Waals surface area (Å²) in [6.07, 6.45) is 1.77. The molecular weight excluding hydrogens is 356 g/mol. The summed E-state index contributed by atoms with van der Waals surface area (Å²) < 4.78 is 23.0. The number of hydrogen-bond acceptors (Lipinski definition) is 6. The van der Waals surface area contributed by atoms with E-state index >= 15 is 0 Å². The lowest BCUT2D eigenvalue weighted by Crippen LogP contribution is -2.47. The molecule has 1 saturated heterocycles. The molecule has 0 aliphatic carbocycles. The van der Waals surface area contributed by atoms with Crippen LogP contribution in [0.1, 0.15) is 15.9 Å². The van der Waals surface area contributed by atoms with E-state index in [9.17, 15) is 18.3 Å². The van der Waals surface area contributed by atoms with Crippen molar-refractivity contribution in [1.29, 1.82) is 0 Å². The van der Waals surface area contributed by atoms with Gasteiger partial charge in [-0.1, -0.05) is 0 Å². The van der Waals surface area contributed by atoms with Gasteiger partial charge in [-0.25, -0.2) is 23.3 Å². The number of carboxylic acid groups (broad SMARTS) is 1. The minimum Gasteiger partial charge on any atom is -0.478 e. The van der Waals surface area contributed by atoms with Crippen LogP contribution < -0.4 is 14.9 Å². The molecule has 26 heavy (non-hydrogen) atoms. The van der Waals surface area contributed by atoms with Gasteiger partial charge in [0.2, 0.25) is 10.0 Å². The van der Waals surface area contributed by atoms with E-state index in [1.165, 1.54) is 12.1 Å². The number of aromatic nitrogens is 1. The second kappa shape index (κ2) is 6.93.